The van der Waals surface area contributed by atoms with Crippen molar-refractivity contribution in [3.63, 3.8) is 0 Å². The molecule has 1 aliphatic rings. The summed E-state index contributed by atoms with van der Waals surface area (Å²) in [5.41, 5.74) is 0. The summed E-state index contributed by atoms with van der Waals surface area (Å²) in [5, 5.41) is 9.79. The molecule has 0 amide bonds. The fourth-order valence-corrected chi connectivity index (χ4v) is 1.91. The molecule has 1 N–H and O–H groups in total. The van der Waals surface area contributed by atoms with Gasteiger partial charge in [-0.25, -0.2) is 0 Å². The monoisotopic (exact) mass is 216 g/mol. The number of rotatable bonds is 3. The van der Waals surface area contributed by atoms with Crippen LogP contribution in [0.25, 0.3) is 0 Å². The second-order valence-corrected chi connectivity index (χ2v) is 4.26. The Morgan fingerprint density at radius 2 is 2.00 bits per heavy atom. The first-order valence-electron chi connectivity index (χ1n) is 5.46. The van der Waals surface area contributed by atoms with Crippen LogP contribution < -0.4 is 0 Å². The van der Waals surface area contributed by atoms with Crippen LogP contribution in [0, 0.1) is 11.8 Å². The van der Waals surface area contributed by atoms with Gasteiger partial charge in [-0.05, 0) is 13.3 Å². The van der Waals surface area contributed by atoms with Gasteiger partial charge in [-0.1, -0.05) is 34.1 Å². The number of carbonyl (C=O) groups is 1. The van der Waals surface area contributed by atoms with E-state index in [0.29, 0.717) is 0 Å². The quantitative estimate of drug-likeness (QED) is 0.737. The van der Waals surface area contributed by atoms with Crippen LogP contribution in [-0.2, 0) is 9.53 Å². The topological polar surface area (TPSA) is 46.5 Å². The Labute approximate surface area is 92.8 Å². The summed E-state index contributed by atoms with van der Waals surface area (Å²) in [6.45, 7) is 5.78. The number of unbranched alkanes of at least 4 members (excludes halogenated alkanes) is 1. The predicted octanol–water partition coefficient (Wildman–Crippen LogP) is 2.37. The average Bonchev–Trinajstić information content (AvgIpc) is 2.18. The molecule has 1 aliphatic heterocycles. The van der Waals surface area contributed by atoms with Gasteiger partial charge in [0.05, 0.1) is 12.0 Å². The number of hydrogen-bond donors (Lipinski definition) is 1. The molecule has 1 fully saturated rings. The van der Waals surface area contributed by atoms with Gasteiger partial charge in [-0.3, -0.25) is 4.79 Å². The number of cyclic esters (lactones) is 1. The molecule has 3 heteroatoms. The van der Waals surface area contributed by atoms with E-state index >= 15 is 0 Å². The van der Waals surface area contributed by atoms with E-state index in [9.17, 15) is 9.90 Å². The summed E-state index contributed by atoms with van der Waals surface area (Å²) in [4.78, 5) is 11.3. The summed E-state index contributed by atoms with van der Waals surface area (Å²) in [6.07, 6.45) is 2.37. The summed E-state index contributed by atoms with van der Waals surface area (Å²) in [5.74, 6) is -0.561. The number of ether oxygens (including phenoxy) is 1. The second-order valence-electron chi connectivity index (χ2n) is 4.26. The molecule has 4 atom stereocenters. The summed E-state index contributed by atoms with van der Waals surface area (Å²) in [6, 6.07) is 0. The lowest BCUT2D eigenvalue weighted by Gasteiger charge is -2.36. The van der Waals surface area contributed by atoms with Crippen molar-refractivity contribution in [2.45, 2.75) is 59.7 Å². The summed E-state index contributed by atoms with van der Waals surface area (Å²) in [7, 11) is 0. The van der Waals surface area contributed by atoms with Crippen molar-refractivity contribution in [1.82, 2.24) is 0 Å². The molecule has 0 aliphatic carbocycles. The van der Waals surface area contributed by atoms with E-state index in [0.717, 1.165) is 19.3 Å². The zero-order valence-corrected chi connectivity index (χ0v) is 9.19. The van der Waals surface area contributed by atoms with Gasteiger partial charge in [0.25, 0.3) is 0 Å². The Hall–Kier alpha value is -0.570. The Bertz CT molecular complexity index is 203. The van der Waals surface area contributed by atoms with E-state index in [1.807, 2.05) is 6.92 Å². The highest BCUT2D eigenvalue weighted by atomic mass is 16.5. The highest BCUT2D eigenvalue weighted by Gasteiger charge is 2.39. The molecule has 1 rings (SSSR count). The van der Waals surface area contributed by atoms with Gasteiger partial charge < -0.3 is 9.84 Å². The maximum atomic E-state index is 11.3. The molecular formula is C12H24O3. The largest absolute Gasteiger partial charge is 0.462 e. The molecule has 0 spiro atoms. The van der Waals surface area contributed by atoms with Crippen LogP contribution in [0.2, 0.25) is 0 Å². The van der Waals surface area contributed by atoms with Gasteiger partial charge in [0.15, 0.2) is 0 Å². The lowest BCUT2D eigenvalue weighted by atomic mass is 9.84. The van der Waals surface area contributed by atoms with Crippen LogP contribution in [0.5, 0.6) is 0 Å². The van der Waals surface area contributed by atoms with Gasteiger partial charge in [-0.15, -0.1) is 0 Å². The number of aliphatic hydroxyl groups is 1. The minimum absolute atomic E-state index is 0. The molecule has 15 heavy (non-hydrogen) atoms. The van der Waals surface area contributed by atoms with Crippen molar-refractivity contribution in [2.75, 3.05) is 0 Å². The van der Waals surface area contributed by atoms with Gasteiger partial charge >= 0.3 is 5.97 Å². The Balaban J connectivity index is 0.00000196. The molecule has 1 saturated heterocycles. The lowest BCUT2D eigenvalue weighted by Crippen LogP contribution is -2.46. The number of carbonyl (C=O) groups excluding carboxylic acids is 1. The molecule has 0 saturated carbocycles. The molecule has 3 nitrogen and oxygen atoms in total. The first-order valence-corrected chi connectivity index (χ1v) is 5.46. The molecule has 90 valence electrons. The number of esters is 1. The normalized spacial score (nSPS) is 35.6. The highest BCUT2D eigenvalue weighted by Crippen LogP contribution is 2.28. The number of hydrogen-bond acceptors (Lipinski definition) is 3. The number of aliphatic hydroxyl groups excluding tert-OH is 1. The van der Waals surface area contributed by atoms with Gasteiger partial charge in [0, 0.05) is 5.92 Å². The zero-order chi connectivity index (χ0) is 10.7. The zero-order valence-electron chi connectivity index (χ0n) is 9.19. The minimum Gasteiger partial charge on any atom is -0.462 e. The summed E-state index contributed by atoms with van der Waals surface area (Å²) >= 11 is 0. The van der Waals surface area contributed by atoms with Crippen molar-refractivity contribution in [2.24, 2.45) is 11.8 Å². The molecule has 0 bridgehead atoms. The third kappa shape index (κ3) is 3.20. The third-order valence-corrected chi connectivity index (χ3v) is 3.12. The fraction of sp³-hybridized carbons (Fsp3) is 0.917. The molecule has 1 heterocycles. The Morgan fingerprint density at radius 3 is 2.53 bits per heavy atom. The first-order chi connectivity index (χ1) is 6.57. The predicted molar refractivity (Wildman–Crippen MR) is 60.5 cm³/mol. The minimum atomic E-state index is -0.543. The molecule has 0 aromatic heterocycles. The molecule has 0 aromatic carbocycles. The molecule has 0 aromatic rings. The van der Waals surface area contributed by atoms with Crippen molar-refractivity contribution in [1.29, 1.82) is 0 Å². The van der Waals surface area contributed by atoms with Crippen molar-refractivity contribution >= 4 is 5.97 Å². The maximum absolute atomic E-state index is 11.3. The first kappa shape index (κ1) is 14.4. The van der Waals surface area contributed by atoms with Crippen LogP contribution >= 0.6 is 0 Å². The van der Waals surface area contributed by atoms with Crippen LogP contribution in [0.1, 0.15) is 47.5 Å². The van der Waals surface area contributed by atoms with E-state index in [4.69, 9.17) is 4.74 Å². The van der Waals surface area contributed by atoms with E-state index in [1.54, 1.807) is 6.92 Å². The van der Waals surface area contributed by atoms with Gasteiger partial charge in [0.2, 0.25) is 0 Å². The van der Waals surface area contributed by atoms with E-state index in [1.165, 1.54) is 0 Å². The Morgan fingerprint density at radius 1 is 1.40 bits per heavy atom. The van der Waals surface area contributed by atoms with Crippen LogP contribution in [0.4, 0.5) is 0 Å². The van der Waals surface area contributed by atoms with Crippen molar-refractivity contribution in [3.8, 4) is 0 Å². The van der Waals surface area contributed by atoms with Crippen molar-refractivity contribution in [3.05, 3.63) is 0 Å². The third-order valence-electron chi connectivity index (χ3n) is 3.12. The van der Waals surface area contributed by atoms with E-state index in [2.05, 4.69) is 6.92 Å². The van der Waals surface area contributed by atoms with E-state index in [-0.39, 0.29) is 31.3 Å². The van der Waals surface area contributed by atoms with Gasteiger partial charge in [-0.2, -0.15) is 0 Å². The van der Waals surface area contributed by atoms with E-state index < -0.39 is 6.10 Å². The Kier molecular flexibility index (Phi) is 5.88. The molecular weight excluding hydrogens is 192 g/mol. The lowest BCUT2D eigenvalue weighted by molar-refractivity contribution is -0.177. The second kappa shape index (κ2) is 6.11. The summed E-state index contributed by atoms with van der Waals surface area (Å²) < 4.78 is 5.28. The van der Waals surface area contributed by atoms with Crippen LogP contribution in [0.15, 0.2) is 0 Å². The SMILES string of the molecule is C.CCCCC1OC(=O)[C@H](C)C(O)C1C. The highest BCUT2D eigenvalue weighted by molar-refractivity contribution is 5.73. The van der Waals surface area contributed by atoms with Crippen LogP contribution in [-0.4, -0.2) is 23.3 Å². The maximum Gasteiger partial charge on any atom is 0.311 e. The van der Waals surface area contributed by atoms with Gasteiger partial charge in [0.1, 0.15) is 6.10 Å². The molecule has 0 radical (unpaired) electrons. The average molecular weight is 216 g/mol. The molecule has 3 unspecified atom stereocenters. The van der Waals surface area contributed by atoms with Crippen LogP contribution in [0.3, 0.4) is 0 Å². The van der Waals surface area contributed by atoms with Crippen molar-refractivity contribution < 1.29 is 14.6 Å². The standard InChI is InChI=1S/C11H20O3.CH4/c1-4-5-6-9-7(2)10(12)8(3)11(13)14-9;/h7-10,12H,4-6H2,1-3H3;1H4/t7?,8-,9?,10?;/m1./s1. The fourth-order valence-electron chi connectivity index (χ4n) is 1.91. The smallest absolute Gasteiger partial charge is 0.311 e.